The van der Waals surface area contributed by atoms with Gasteiger partial charge in [-0.05, 0) is 43.7 Å². The molecule has 1 aromatic rings. The molecule has 1 aliphatic rings. The van der Waals surface area contributed by atoms with E-state index >= 15 is 0 Å². The second kappa shape index (κ2) is 11.3. The summed E-state index contributed by atoms with van der Waals surface area (Å²) >= 11 is 0. The molecule has 0 aliphatic heterocycles. The van der Waals surface area contributed by atoms with Crippen LogP contribution < -0.4 is 15.4 Å². The molecule has 1 saturated carbocycles. The maximum Gasteiger partial charge on any atom is 0.321 e. The predicted octanol–water partition coefficient (Wildman–Crippen LogP) is 2.97. The van der Waals surface area contributed by atoms with Gasteiger partial charge in [0.15, 0.2) is 6.61 Å². The molecule has 2 rings (SSSR count). The van der Waals surface area contributed by atoms with Crippen molar-refractivity contribution in [2.75, 3.05) is 13.2 Å². The van der Waals surface area contributed by atoms with Crippen LogP contribution in [0.5, 0.6) is 5.75 Å². The molecule has 0 aromatic heterocycles. The Morgan fingerprint density at radius 1 is 1.14 bits per heavy atom. The van der Waals surface area contributed by atoms with Crippen LogP contribution in [0.15, 0.2) is 24.3 Å². The van der Waals surface area contributed by atoms with E-state index in [2.05, 4.69) is 17.6 Å². The van der Waals surface area contributed by atoms with E-state index in [1.807, 2.05) is 31.2 Å². The fourth-order valence-electron chi connectivity index (χ4n) is 3.36. The number of nitrogens with one attached hydrogen (secondary N) is 2. The van der Waals surface area contributed by atoms with Crippen molar-refractivity contribution in [1.29, 1.82) is 0 Å². The minimum Gasteiger partial charge on any atom is -0.494 e. The molecule has 3 amide bonds. The van der Waals surface area contributed by atoms with Gasteiger partial charge in [-0.2, -0.15) is 0 Å². The SMILES string of the molecule is CCOc1ccccc1CCC(=O)OCC(=O)NC(=O)NC1CCCCC1C. The second-order valence-corrected chi connectivity index (χ2v) is 7.09. The van der Waals surface area contributed by atoms with E-state index in [1.165, 1.54) is 6.42 Å². The Morgan fingerprint density at radius 2 is 1.89 bits per heavy atom. The van der Waals surface area contributed by atoms with Crippen molar-refractivity contribution in [2.45, 2.75) is 58.4 Å². The Kier molecular flexibility index (Phi) is 8.78. The first-order valence-electron chi connectivity index (χ1n) is 9.96. The van der Waals surface area contributed by atoms with Crippen molar-refractivity contribution >= 4 is 17.9 Å². The summed E-state index contributed by atoms with van der Waals surface area (Å²) in [6.45, 7) is 4.06. The van der Waals surface area contributed by atoms with E-state index in [4.69, 9.17) is 9.47 Å². The third-order valence-corrected chi connectivity index (χ3v) is 4.92. The number of carbonyl (C=O) groups excluding carboxylic acids is 3. The zero-order valence-electron chi connectivity index (χ0n) is 16.7. The Balaban J connectivity index is 1.68. The number of aryl methyl sites for hydroxylation is 1. The highest BCUT2D eigenvalue weighted by atomic mass is 16.5. The molecule has 0 heterocycles. The molecule has 2 atom stereocenters. The second-order valence-electron chi connectivity index (χ2n) is 7.09. The van der Waals surface area contributed by atoms with E-state index in [1.54, 1.807) is 0 Å². The van der Waals surface area contributed by atoms with Crippen LogP contribution >= 0.6 is 0 Å². The van der Waals surface area contributed by atoms with Gasteiger partial charge in [0.2, 0.25) is 0 Å². The number of ether oxygens (including phenoxy) is 2. The number of rotatable bonds is 8. The van der Waals surface area contributed by atoms with Gasteiger partial charge in [-0.1, -0.05) is 38.0 Å². The molecule has 2 N–H and O–H groups in total. The summed E-state index contributed by atoms with van der Waals surface area (Å²) in [6, 6.07) is 7.03. The van der Waals surface area contributed by atoms with Crippen LogP contribution in [0.1, 0.15) is 51.5 Å². The van der Waals surface area contributed by atoms with Gasteiger partial charge < -0.3 is 14.8 Å². The molecule has 1 aliphatic carbocycles. The van der Waals surface area contributed by atoms with Crippen LogP contribution in [-0.4, -0.2) is 37.2 Å². The lowest BCUT2D eigenvalue weighted by Gasteiger charge is -2.29. The maximum atomic E-state index is 11.9. The maximum absolute atomic E-state index is 11.9. The van der Waals surface area contributed by atoms with Gasteiger partial charge >= 0.3 is 12.0 Å². The number of carbonyl (C=O) groups is 3. The van der Waals surface area contributed by atoms with Crippen LogP contribution in [0.3, 0.4) is 0 Å². The summed E-state index contributed by atoms with van der Waals surface area (Å²) in [5.41, 5.74) is 0.909. The first-order valence-corrected chi connectivity index (χ1v) is 9.96. The molecule has 0 saturated heterocycles. The highest BCUT2D eigenvalue weighted by Gasteiger charge is 2.23. The monoisotopic (exact) mass is 390 g/mol. The lowest BCUT2D eigenvalue weighted by molar-refractivity contribution is -0.148. The van der Waals surface area contributed by atoms with E-state index in [0.717, 1.165) is 30.6 Å². The average Bonchev–Trinajstić information content (AvgIpc) is 2.67. The molecular weight excluding hydrogens is 360 g/mol. The first-order chi connectivity index (χ1) is 13.5. The number of urea groups is 1. The number of hydrogen-bond acceptors (Lipinski definition) is 5. The minimum absolute atomic E-state index is 0.0782. The lowest BCUT2D eigenvalue weighted by atomic mass is 9.86. The highest BCUT2D eigenvalue weighted by Crippen LogP contribution is 2.23. The largest absolute Gasteiger partial charge is 0.494 e. The zero-order chi connectivity index (χ0) is 20.4. The van der Waals surface area contributed by atoms with E-state index < -0.39 is 24.5 Å². The van der Waals surface area contributed by atoms with Gasteiger partial charge in [0.25, 0.3) is 5.91 Å². The summed E-state index contributed by atoms with van der Waals surface area (Å²) in [5, 5.41) is 5.04. The Labute approximate surface area is 166 Å². The van der Waals surface area contributed by atoms with Gasteiger partial charge in [0.1, 0.15) is 5.75 Å². The highest BCUT2D eigenvalue weighted by molar-refractivity contribution is 5.95. The van der Waals surface area contributed by atoms with Gasteiger partial charge in [-0.3, -0.25) is 14.9 Å². The number of esters is 1. The van der Waals surface area contributed by atoms with Crippen LogP contribution in [0, 0.1) is 5.92 Å². The van der Waals surface area contributed by atoms with Crippen molar-refractivity contribution in [1.82, 2.24) is 10.6 Å². The molecule has 0 bridgehead atoms. The van der Waals surface area contributed by atoms with Crippen molar-refractivity contribution in [2.24, 2.45) is 5.92 Å². The van der Waals surface area contributed by atoms with E-state index in [0.29, 0.717) is 18.9 Å². The topological polar surface area (TPSA) is 93.7 Å². The van der Waals surface area contributed by atoms with Gasteiger partial charge in [0.05, 0.1) is 6.61 Å². The molecule has 28 heavy (non-hydrogen) atoms. The van der Waals surface area contributed by atoms with Gasteiger partial charge in [-0.15, -0.1) is 0 Å². The Bertz CT molecular complexity index is 677. The fourth-order valence-corrected chi connectivity index (χ4v) is 3.36. The standard InChI is InChI=1S/C21H30N2O5/c1-3-27-18-11-7-5-9-16(18)12-13-20(25)28-14-19(24)23-21(26)22-17-10-6-4-8-15(17)2/h5,7,9,11,15,17H,3-4,6,8,10,12-14H2,1-2H3,(H2,22,23,24,26). The summed E-state index contributed by atoms with van der Waals surface area (Å²) < 4.78 is 10.5. The number of hydrogen-bond donors (Lipinski definition) is 2. The normalized spacial score (nSPS) is 18.8. The average molecular weight is 390 g/mol. The van der Waals surface area contributed by atoms with Crippen LogP contribution in [-0.2, 0) is 20.7 Å². The van der Waals surface area contributed by atoms with Crippen LogP contribution in [0.25, 0.3) is 0 Å². The molecular formula is C21H30N2O5. The number of imide groups is 1. The molecule has 0 radical (unpaired) electrons. The smallest absolute Gasteiger partial charge is 0.321 e. The summed E-state index contributed by atoms with van der Waals surface area (Å²) in [7, 11) is 0. The molecule has 1 fully saturated rings. The number of benzene rings is 1. The van der Waals surface area contributed by atoms with Crippen molar-refractivity contribution in [3.8, 4) is 5.75 Å². The Morgan fingerprint density at radius 3 is 2.64 bits per heavy atom. The minimum atomic E-state index is -0.635. The number of para-hydroxylation sites is 1. The third-order valence-electron chi connectivity index (χ3n) is 4.92. The molecule has 2 unspecified atom stereocenters. The fraction of sp³-hybridized carbons (Fsp3) is 0.571. The zero-order valence-corrected chi connectivity index (χ0v) is 16.7. The molecule has 0 spiro atoms. The molecule has 7 heteroatoms. The molecule has 1 aromatic carbocycles. The Hall–Kier alpha value is -2.57. The van der Waals surface area contributed by atoms with Crippen LogP contribution in [0.4, 0.5) is 4.79 Å². The quantitative estimate of drug-likeness (QED) is 0.666. The summed E-state index contributed by atoms with van der Waals surface area (Å²) in [6.07, 6.45) is 4.82. The van der Waals surface area contributed by atoms with Crippen molar-refractivity contribution in [3.05, 3.63) is 29.8 Å². The van der Waals surface area contributed by atoms with Gasteiger partial charge in [0, 0.05) is 12.5 Å². The van der Waals surface area contributed by atoms with Crippen molar-refractivity contribution < 1.29 is 23.9 Å². The van der Waals surface area contributed by atoms with E-state index in [9.17, 15) is 14.4 Å². The van der Waals surface area contributed by atoms with Crippen LogP contribution in [0.2, 0.25) is 0 Å². The van der Waals surface area contributed by atoms with E-state index in [-0.39, 0.29) is 12.5 Å². The summed E-state index contributed by atoms with van der Waals surface area (Å²) in [5.74, 6) is 0.00272. The lowest BCUT2D eigenvalue weighted by Crippen LogP contribution is -2.48. The van der Waals surface area contributed by atoms with Gasteiger partial charge in [-0.25, -0.2) is 4.79 Å². The molecule has 7 nitrogen and oxygen atoms in total. The third kappa shape index (κ3) is 7.21. The first kappa shape index (κ1) is 21.7. The summed E-state index contributed by atoms with van der Waals surface area (Å²) in [4.78, 5) is 35.6. The van der Waals surface area contributed by atoms with Crippen molar-refractivity contribution in [3.63, 3.8) is 0 Å². The number of amides is 3. The molecule has 154 valence electrons. The predicted molar refractivity (Wildman–Crippen MR) is 105 cm³/mol.